The van der Waals surface area contributed by atoms with Gasteiger partial charge in [0.25, 0.3) is 0 Å². The number of nitrogens with one attached hydrogen (secondary N) is 1. The van der Waals surface area contributed by atoms with Crippen molar-refractivity contribution in [2.75, 3.05) is 18.6 Å². The molecule has 0 aliphatic heterocycles. The highest BCUT2D eigenvalue weighted by molar-refractivity contribution is 7.90. The van der Waals surface area contributed by atoms with Crippen LogP contribution in [0.15, 0.2) is 0 Å². The third-order valence-corrected chi connectivity index (χ3v) is 4.02. The maximum Gasteiger partial charge on any atom is 0.148 e. The molecule has 0 saturated heterocycles. The van der Waals surface area contributed by atoms with E-state index in [0.717, 1.165) is 10.7 Å². The largest absolute Gasteiger partial charge is 0.309 e. The summed E-state index contributed by atoms with van der Waals surface area (Å²) in [5.74, 6) is 0.177. The molecule has 0 aromatic carbocycles. The number of rotatable bonds is 5. The SMILES string of the molecule is Cc1nc(CNCCS(C)(=O)=O)sc1C. The second-order valence-corrected chi connectivity index (χ2v) is 7.10. The number of aromatic nitrogens is 1. The van der Waals surface area contributed by atoms with E-state index in [9.17, 15) is 8.42 Å². The van der Waals surface area contributed by atoms with Gasteiger partial charge in [0.15, 0.2) is 0 Å². The van der Waals surface area contributed by atoms with E-state index >= 15 is 0 Å². The smallest absolute Gasteiger partial charge is 0.148 e. The zero-order chi connectivity index (χ0) is 11.5. The van der Waals surface area contributed by atoms with Crippen LogP contribution in [0.5, 0.6) is 0 Å². The molecule has 86 valence electrons. The molecule has 1 aromatic heterocycles. The molecule has 0 aliphatic rings. The van der Waals surface area contributed by atoms with Crippen molar-refractivity contribution in [3.05, 3.63) is 15.6 Å². The Kier molecular flexibility index (Phi) is 4.24. The summed E-state index contributed by atoms with van der Waals surface area (Å²) in [4.78, 5) is 5.57. The zero-order valence-corrected chi connectivity index (χ0v) is 10.8. The van der Waals surface area contributed by atoms with Gasteiger partial charge in [0.2, 0.25) is 0 Å². The maximum absolute atomic E-state index is 10.8. The zero-order valence-electron chi connectivity index (χ0n) is 9.20. The average molecular weight is 248 g/mol. The number of thiazole rings is 1. The minimum Gasteiger partial charge on any atom is -0.309 e. The first kappa shape index (κ1) is 12.6. The average Bonchev–Trinajstić information content (AvgIpc) is 2.39. The van der Waals surface area contributed by atoms with Crippen LogP contribution in [0.3, 0.4) is 0 Å². The Labute approximate surface area is 94.7 Å². The molecule has 6 heteroatoms. The lowest BCUT2D eigenvalue weighted by molar-refractivity contribution is 0.596. The molecule has 0 unspecified atom stereocenters. The first-order valence-corrected chi connectivity index (χ1v) is 7.57. The first-order chi connectivity index (χ1) is 6.88. The number of hydrogen-bond acceptors (Lipinski definition) is 5. The van der Waals surface area contributed by atoms with E-state index in [-0.39, 0.29) is 5.75 Å². The van der Waals surface area contributed by atoms with Gasteiger partial charge >= 0.3 is 0 Å². The number of aryl methyl sites for hydroxylation is 2. The summed E-state index contributed by atoms with van der Waals surface area (Å²) in [6.07, 6.45) is 1.24. The van der Waals surface area contributed by atoms with Gasteiger partial charge in [-0.2, -0.15) is 0 Å². The van der Waals surface area contributed by atoms with Crippen LogP contribution in [0.4, 0.5) is 0 Å². The Balaban J connectivity index is 2.32. The van der Waals surface area contributed by atoms with Crippen molar-refractivity contribution in [2.45, 2.75) is 20.4 Å². The number of hydrogen-bond donors (Lipinski definition) is 1. The second-order valence-electron chi connectivity index (χ2n) is 3.56. The molecule has 1 heterocycles. The predicted octanol–water partition coefficient (Wildman–Crippen LogP) is 0.894. The van der Waals surface area contributed by atoms with Gasteiger partial charge in [0.1, 0.15) is 14.8 Å². The molecule has 15 heavy (non-hydrogen) atoms. The van der Waals surface area contributed by atoms with Gasteiger partial charge in [-0.05, 0) is 13.8 Å². The van der Waals surface area contributed by atoms with E-state index in [1.807, 2.05) is 13.8 Å². The molecule has 1 N–H and O–H groups in total. The monoisotopic (exact) mass is 248 g/mol. The van der Waals surface area contributed by atoms with Crippen molar-refractivity contribution in [3.63, 3.8) is 0 Å². The van der Waals surface area contributed by atoms with Crippen molar-refractivity contribution in [1.29, 1.82) is 0 Å². The second kappa shape index (κ2) is 5.05. The van der Waals surface area contributed by atoms with Gasteiger partial charge in [0.05, 0.1) is 11.4 Å². The standard InChI is InChI=1S/C9H16N2O2S2/c1-7-8(2)14-9(11-7)6-10-4-5-15(3,12)13/h10H,4-6H2,1-3H3. The summed E-state index contributed by atoms with van der Waals surface area (Å²) >= 11 is 1.65. The summed E-state index contributed by atoms with van der Waals surface area (Å²) in [7, 11) is -2.86. The minimum absolute atomic E-state index is 0.177. The van der Waals surface area contributed by atoms with Gasteiger partial charge in [-0.15, -0.1) is 11.3 Å². The molecule has 0 aliphatic carbocycles. The molecule has 4 nitrogen and oxygen atoms in total. The molecule has 0 spiro atoms. The van der Waals surface area contributed by atoms with Crippen LogP contribution in [-0.2, 0) is 16.4 Å². The van der Waals surface area contributed by atoms with Crippen molar-refractivity contribution in [3.8, 4) is 0 Å². The predicted molar refractivity (Wildman–Crippen MR) is 63.0 cm³/mol. The van der Waals surface area contributed by atoms with Crippen molar-refractivity contribution >= 4 is 21.2 Å². The molecular formula is C9H16N2O2S2. The first-order valence-electron chi connectivity index (χ1n) is 4.70. The van der Waals surface area contributed by atoms with Gasteiger partial charge in [-0.25, -0.2) is 13.4 Å². The van der Waals surface area contributed by atoms with E-state index in [1.54, 1.807) is 11.3 Å². The number of sulfone groups is 1. The van der Waals surface area contributed by atoms with Gasteiger partial charge in [0, 0.05) is 24.2 Å². The Hall–Kier alpha value is -0.460. The topological polar surface area (TPSA) is 59.1 Å². The van der Waals surface area contributed by atoms with E-state index < -0.39 is 9.84 Å². The highest BCUT2D eigenvalue weighted by atomic mass is 32.2. The molecule has 0 bridgehead atoms. The lowest BCUT2D eigenvalue weighted by atomic mass is 10.4. The lowest BCUT2D eigenvalue weighted by Gasteiger charge is -2.00. The van der Waals surface area contributed by atoms with Crippen LogP contribution < -0.4 is 5.32 Å². The molecule has 1 aromatic rings. The van der Waals surface area contributed by atoms with Crippen molar-refractivity contribution in [1.82, 2.24) is 10.3 Å². The summed E-state index contributed by atoms with van der Waals surface area (Å²) in [6, 6.07) is 0. The quantitative estimate of drug-likeness (QED) is 0.786. The summed E-state index contributed by atoms with van der Waals surface area (Å²) in [6.45, 7) is 5.14. The van der Waals surface area contributed by atoms with Gasteiger partial charge in [-0.3, -0.25) is 0 Å². The fourth-order valence-electron chi connectivity index (χ4n) is 1.07. The molecule has 0 radical (unpaired) electrons. The Morgan fingerprint density at radius 1 is 1.40 bits per heavy atom. The van der Waals surface area contributed by atoms with Crippen molar-refractivity contribution < 1.29 is 8.42 Å². The minimum atomic E-state index is -2.86. The van der Waals surface area contributed by atoms with Crippen LogP contribution in [0.1, 0.15) is 15.6 Å². The highest BCUT2D eigenvalue weighted by Gasteiger charge is 2.04. The van der Waals surface area contributed by atoms with Crippen LogP contribution in [-0.4, -0.2) is 32.0 Å². The van der Waals surface area contributed by atoms with Gasteiger partial charge in [-0.1, -0.05) is 0 Å². The summed E-state index contributed by atoms with van der Waals surface area (Å²) in [5, 5.41) is 4.08. The molecule has 0 amide bonds. The highest BCUT2D eigenvalue weighted by Crippen LogP contribution is 2.15. The van der Waals surface area contributed by atoms with Gasteiger partial charge < -0.3 is 5.32 Å². The van der Waals surface area contributed by atoms with Crippen LogP contribution in [0.2, 0.25) is 0 Å². The summed E-state index contributed by atoms with van der Waals surface area (Å²) in [5.41, 5.74) is 1.06. The normalized spacial score (nSPS) is 11.9. The van der Waals surface area contributed by atoms with Crippen molar-refractivity contribution in [2.24, 2.45) is 0 Å². The fraction of sp³-hybridized carbons (Fsp3) is 0.667. The Morgan fingerprint density at radius 3 is 2.53 bits per heavy atom. The Morgan fingerprint density at radius 2 is 2.07 bits per heavy atom. The third-order valence-electron chi connectivity index (χ3n) is 2.00. The lowest BCUT2D eigenvalue weighted by Crippen LogP contribution is -2.21. The number of nitrogens with zero attached hydrogens (tertiary/aromatic N) is 1. The summed E-state index contributed by atoms with van der Waals surface area (Å²) < 4.78 is 21.7. The Bertz CT molecular complexity index is 404. The van der Waals surface area contributed by atoms with Crippen LogP contribution >= 0.6 is 11.3 Å². The van der Waals surface area contributed by atoms with Crippen LogP contribution in [0, 0.1) is 13.8 Å². The molecular weight excluding hydrogens is 232 g/mol. The van der Waals surface area contributed by atoms with E-state index in [2.05, 4.69) is 10.3 Å². The maximum atomic E-state index is 10.8. The van der Waals surface area contributed by atoms with E-state index in [0.29, 0.717) is 13.1 Å². The van der Waals surface area contributed by atoms with E-state index in [1.165, 1.54) is 11.1 Å². The molecule has 0 saturated carbocycles. The van der Waals surface area contributed by atoms with Crippen LogP contribution in [0.25, 0.3) is 0 Å². The molecule has 0 fully saturated rings. The fourth-order valence-corrected chi connectivity index (χ4v) is 2.49. The van der Waals surface area contributed by atoms with E-state index in [4.69, 9.17) is 0 Å². The third kappa shape index (κ3) is 4.72. The molecule has 0 atom stereocenters. The molecule has 1 rings (SSSR count).